The molecule has 0 aromatic heterocycles. The van der Waals surface area contributed by atoms with Gasteiger partial charge in [-0.2, -0.15) is 4.31 Å². The third-order valence-corrected chi connectivity index (χ3v) is 6.69. The van der Waals surface area contributed by atoms with Crippen LogP contribution < -0.4 is 4.74 Å². The van der Waals surface area contributed by atoms with Crippen molar-refractivity contribution in [2.75, 3.05) is 33.3 Å². The molecular formula is C20H20Cl2N2O4S. The Morgan fingerprint density at radius 2 is 1.62 bits per heavy atom. The van der Waals surface area contributed by atoms with Crippen molar-refractivity contribution in [3.63, 3.8) is 0 Å². The van der Waals surface area contributed by atoms with Crippen molar-refractivity contribution in [2.24, 2.45) is 0 Å². The molecular weight excluding hydrogens is 435 g/mol. The first-order valence-corrected chi connectivity index (χ1v) is 11.1. The van der Waals surface area contributed by atoms with Crippen molar-refractivity contribution in [3.8, 4) is 5.75 Å². The Morgan fingerprint density at radius 1 is 1.03 bits per heavy atom. The number of hydrogen-bond donors (Lipinski definition) is 0. The van der Waals surface area contributed by atoms with Crippen LogP contribution in [0.15, 0.2) is 47.9 Å². The maximum atomic E-state index is 12.8. The molecule has 154 valence electrons. The summed E-state index contributed by atoms with van der Waals surface area (Å²) in [5, 5.41) is 1.69. The van der Waals surface area contributed by atoms with Gasteiger partial charge in [0, 0.05) is 37.2 Å². The molecule has 0 aliphatic carbocycles. The van der Waals surface area contributed by atoms with Gasteiger partial charge in [-0.05, 0) is 23.8 Å². The van der Waals surface area contributed by atoms with Crippen LogP contribution in [0.5, 0.6) is 5.75 Å². The number of halogens is 2. The van der Waals surface area contributed by atoms with Gasteiger partial charge in [-0.25, -0.2) is 8.42 Å². The number of hydrogen-bond acceptors (Lipinski definition) is 4. The monoisotopic (exact) mass is 454 g/mol. The van der Waals surface area contributed by atoms with Crippen LogP contribution in [-0.2, 0) is 10.0 Å². The molecule has 0 bridgehead atoms. The zero-order chi connectivity index (χ0) is 21.0. The summed E-state index contributed by atoms with van der Waals surface area (Å²) >= 11 is 12.2. The fraction of sp³-hybridized carbons (Fsp3) is 0.250. The molecule has 0 N–H and O–H groups in total. The largest absolute Gasteiger partial charge is 0.494 e. The van der Waals surface area contributed by atoms with Gasteiger partial charge >= 0.3 is 0 Å². The van der Waals surface area contributed by atoms with Crippen molar-refractivity contribution < 1.29 is 17.9 Å². The predicted octanol–water partition coefficient (Wildman–Crippen LogP) is 3.76. The molecule has 0 atom stereocenters. The molecule has 1 fully saturated rings. The number of amides is 1. The lowest BCUT2D eigenvalue weighted by atomic mass is 10.1. The number of sulfonamides is 1. The molecule has 29 heavy (non-hydrogen) atoms. The summed E-state index contributed by atoms with van der Waals surface area (Å²) in [6, 6.07) is 12.2. The molecule has 1 aliphatic rings. The van der Waals surface area contributed by atoms with E-state index in [4.69, 9.17) is 27.9 Å². The van der Waals surface area contributed by atoms with E-state index in [-0.39, 0.29) is 42.1 Å². The molecule has 0 unspecified atom stereocenters. The SMILES string of the molecule is COc1c(Cl)cc(C(=O)N2CCN(S(=O)(=O)/C=C/c3ccccc3)CC2)cc1Cl. The van der Waals surface area contributed by atoms with Gasteiger partial charge < -0.3 is 9.64 Å². The highest BCUT2D eigenvalue weighted by Gasteiger charge is 2.28. The number of piperazine rings is 1. The van der Waals surface area contributed by atoms with Gasteiger partial charge in [-0.3, -0.25) is 4.79 Å². The normalized spacial score (nSPS) is 15.6. The van der Waals surface area contributed by atoms with E-state index < -0.39 is 10.0 Å². The average Bonchev–Trinajstić information content (AvgIpc) is 2.72. The van der Waals surface area contributed by atoms with Gasteiger partial charge in [0.15, 0.2) is 5.75 Å². The van der Waals surface area contributed by atoms with E-state index >= 15 is 0 Å². The fourth-order valence-electron chi connectivity index (χ4n) is 3.02. The standard InChI is InChI=1S/C20H20Cl2N2O4S/c1-28-19-17(21)13-16(14-18(19)22)20(25)23-8-10-24(11-9-23)29(26,27)12-7-15-5-3-2-4-6-15/h2-7,12-14H,8-11H2,1H3/b12-7+. The highest BCUT2D eigenvalue weighted by molar-refractivity contribution is 7.92. The van der Waals surface area contributed by atoms with E-state index in [1.807, 2.05) is 30.3 Å². The summed E-state index contributed by atoms with van der Waals surface area (Å²) in [7, 11) is -2.12. The molecule has 1 amide bonds. The van der Waals surface area contributed by atoms with E-state index in [0.29, 0.717) is 11.3 Å². The maximum absolute atomic E-state index is 12.8. The minimum Gasteiger partial charge on any atom is -0.494 e. The van der Waals surface area contributed by atoms with Crippen LogP contribution >= 0.6 is 23.2 Å². The van der Waals surface area contributed by atoms with E-state index in [0.717, 1.165) is 5.56 Å². The summed E-state index contributed by atoms with van der Waals surface area (Å²) in [6.07, 6.45) is 1.56. The van der Waals surface area contributed by atoms with Crippen LogP contribution in [-0.4, -0.2) is 56.8 Å². The van der Waals surface area contributed by atoms with E-state index in [2.05, 4.69) is 0 Å². The molecule has 1 heterocycles. The molecule has 2 aromatic rings. The van der Waals surface area contributed by atoms with Crippen molar-refractivity contribution in [3.05, 3.63) is 69.0 Å². The second-order valence-corrected chi connectivity index (χ2v) is 9.06. The minimum absolute atomic E-state index is 0.213. The Kier molecular flexibility index (Phi) is 6.85. The Bertz CT molecular complexity index is 995. The van der Waals surface area contributed by atoms with Crippen molar-refractivity contribution in [1.29, 1.82) is 0 Å². The Balaban J connectivity index is 1.65. The Morgan fingerprint density at radius 3 is 2.17 bits per heavy atom. The number of rotatable bonds is 5. The van der Waals surface area contributed by atoms with Gasteiger partial charge in [0.05, 0.1) is 17.2 Å². The lowest BCUT2D eigenvalue weighted by Gasteiger charge is -2.33. The predicted molar refractivity (Wildman–Crippen MR) is 115 cm³/mol. The van der Waals surface area contributed by atoms with Crippen LogP contribution in [0.2, 0.25) is 10.0 Å². The quantitative estimate of drug-likeness (QED) is 0.689. The second-order valence-electron chi connectivity index (χ2n) is 6.42. The molecule has 1 saturated heterocycles. The lowest BCUT2D eigenvalue weighted by molar-refractivity contribution is 0.0698. The van der Waals surface area contributed by atoms with Crippen LogP contribution in [0.1, 0.15) is 15.9 Å². The first-order chi connectivity index (χ1) is 13.8. The Hall–Kier alpha value is -2.06. The summed E-state index contributed by atoms with van der Waals surface area (Å²) in [5.41, 5.74) is 1.14. The number of benzene rings is 2. The van der Waals surface area contributed by atoms with Crippen molar-refractivity contribution >= 4 is 45.2 Å². The van der Waals surface area contributed by atoms with Gasteiger partial charge in [0.1, 0.15) is 0 Å². The van der Waals surface area contributed by atoms with E-state index in [9.17, 15) is 13.2 Å². The highest BCUT2D eigenvalue weighted by atomic mass is 35.5. The molecule has 0 saturated carbocycles. The first-order valence-electron chi connectivity index (χ1n) is 8.87. The minimum atomic E-state index is -3.56. The number of ether oxygens (including phenoxy) is 1. The van der Waals surface area contributed by atoms with Crippen LogP contribution in [0, 0.1) is 0 Å². The third-order valence-electron chi connectivity index (χ3n) is 4.57. The molecule has 0 spiro atoms. The van der Waals surface area contributed by atoms with Crippen molar-refractivity contribution in [1.82, 2.24) is 9.21 Å². The first kappa shape index (κ1) is 21.6. The highest BCUT2D eigenvalue weighted by Crippen LogP contribution is 2.34. The summed E-state index contributed by atoms with van der Waals surface area (Å²) < 4.78 is 31.6. The molecule has 1 aliphatic heterocycles. The van der Waals surface area contributed by atoms with Crippen molar-refractivity contribution in [2.45, 2.75) is 0 Å². The molecule has 3 rings (SSSR count). The second kappa shape index (κ2) is 9.17. The summed E-state index contributed by atoms with van der Waals surface area (Å²) in [4.78, 5) is 14.3. The van der Waals surface area contributed by atoms with E-state index in [1.165, 1.54) is 29.0 Å². The lowest BCUT2D eigenvalue weighted by Crippen LogP contribution is -2.50. The fourth-order valence-corrected chi connectivity index (χ4v) is 4.84. The van der Waals surface area contributed by atoms with Gasteiger partial charge in [-0.15, -0.1) is 0 Å². The summed E-state index contributed by atoms with van der Waals surface area (Å²) in [6.45, 7) is 0.979. The topological polar surface area (TPSA) is 66.9 Å². The van der Waals surface area contributed by atoms with Gasteiger partial charge in [0.2, 0.25) is 10.0 Å². The molecule has 2 aromatic carbocycles. The van der Waals surface area contributed by atoms with E-state index in [1.54, 1.807) is 11.0 Å². The maximum Gasteiger partial charge on any atom is 0.254 e. The number of carbonyl (C=O) groups is 1. The number of methoxy groups -OCH3 is 1. The third kappa shape index (κ3) is 5.11. The molecule has 9 heteroatoms. The molecule has 0 radical (unpaired) electrons. The zero-order valence-corrected chi connectivity index (χ0v) is 18.0. The smallest absolute Gasteiger partial charge is 0.254 e. The van der Waals surface area contributed by atoms with Crippen LogP contribution in [0.25, 0.3) is 6.08 Å². The van der Waals surface area contributed by atoms with Gasteiger partial charge in [-0.1, -0.05) is 53.5 Å². The number of nitrogens with zero attached hydrogens (tertiary/aromatic N) is 2. The zero-order valence-electron chi connectivity index (χ0n) is 15.7. The molecule has 6 nitrogen and oxygen atoms in total. The summed E-state index contributed by atoms with van der Waals surface area (Å²) in [5.74, 6) is 0.0549. The van der Waals surface area contributed by atoms with Gasteiger partial charge in [0.25, 0.3) is 5.91 Å². The van der Waals surface area contributed by atoms with Crippen LogP contribution in [0.3, 0.4) is 0 Å². The van der Waals surface area contributed by atoms with Crippen LogP contribution in [0.4, 0.5) is 0 Å². The average molecular weight is 455 g/mol. The number of carbonyl (C=O) groups excluding carboxylic acids is 1. The Labute approximate surface area is 180 Å².